The fourth-order valence-corrected chi connectivity index (χ4v) is 4.39. The van der Waals surface area contributed by atoms with Crippen LogP contribution in [0.15, 0.2) is 61.2 Å². The fourth-order valence-electron chi connectivity index (χ4n) is 4.39. The van der Waals surface area contributed by atoms with E-state index in [1.54, 1.807) is 36.1 Å². The number of rotatable bonds is 8. The van der Waals surface area contributed by atoms with Gasteiger partial charge >= 0.3 is 5.97 Å². The third-order valence-corrected chi connectivity index (χ3v) is 6.37. The van der Waals surface area contributed by atoms with E-state index in [0.717, 1.165) is 25.8 Å². The quantitative estimate of drug-likeness (QED) is 0.479. The molecule has 1 aliphatic heterocycles. The van der Waals surface area contributed by atoms with E-state index in [9.17, 15) is 9.59 Å². The van der Waals surface area contributed by atoms with Crippen molar-refractivity contribution < 1.29 is 14.3 Å². The summed E-state index contributed by atoms with van der Waals surface area (Å²) in [7, 11) is 2.16. The zero-order valence-corrected chi connectivity index (χ0v) is 19.8. The van der Waals surface area contributed by atoms with Gasteiger partial charge in [0.15, 0.2) is 0 Å². The lowest BCUT2D eigenvalue weighted by Gasteiger charge is -2.37. The molecule has 0 unspecified atom stereocenters. The Morgan fingerprint density at radius 2 is 1.88 bits per heavy atom. The van der Waals surface area contributed by atoms with Gasteiger partial charge in [0, 0.05) is 25.7 Å². The third-order valence-electron chi connectivity index (χ3n) is 6.37. The highest BCUT2D eigenvalue weighted by atomic mass is 16.5. The first-order valence-electron chi connectivity index (χ1n) is 11.8. The van der Waals surface area contributed by atoms with Gasteiger partial charge in [-0.2, -0.15) is 5.10 Å². The number of carbonyl (C=O) groups is 2. The maximum Gasteiger partial charge on any atom is 0.338 e. The van der Waals surface area contributed by atoms with Gasteiger partial charge in [0.25, 0.3) is 5.91 Å². The summed E-state index contributed by atoms with van der Waals surface area (Å²) in [4.78, 5) is 34.1. The Hall–Kier alpha value is -3.52. The largest absolute Gasteiger partial charge is 0.462 e. The van der Waals surface area contributed by atoms with E-state index in [1.165, 1.54) is 11.9 Å². The third kappa shape index (κ3) is 5.51. The predicted molar refractivity (Wildman–Crippen MR) is 129 cm³/mol. The molecule has 0 atom stereocenters. The van der Waals surface area contributed by atoms with Crippen LogP contribution >= 0.6 is 0 Å². The van der Waals surface area contributed by atoms with Crippen LogP contribution in [0.25, 0.3) is 5.69 Å². The van der Waals surface area contributed by atoms with Crippen molar-refractivity contribution in [2.24, 2.45) is 0 Å². The molecule has 34 heavy (non-hydrogen) atoms. The van der Waals surface area contributed by atoms with Gasteiger partial charge in [-0.1, -0.05) is 30.3 Å². The van der Waals surface area contributed by atoms with Crippen LogP contribution in [0.2, 0.25) is 0 Å². The molecule has 1 aromatic heterocycles. The zero-order valence-electron chi connectivity index (χ0n) is 19.8. The molecule has 0 N–H and O–H groups in total. The van der Waals surface area contributed by atoms with Gasteiger partial charge in [-0.05, 0) is 57.0 Å². The highest BCUT2D eigenvalue weighted by Gasteiger charge is 2.28. The summed E-state index contributed by atoms with van der Waals surface area (Å²) >= 11 is 0. The molecule has 3 aromatic rings. The maximum atomic E-state index is 13.5. The van der Waals surface area contributed by atoms with Gasteiger partial charge in [0.1, 0.15) is 12.7 Å². The monoisotopic (exact) mass is 461 g/mol. The van der Waals surface area contributed by atoms with Crippen LogP contribution in [0.1, 0.15) is 46.0 Å². The maximum absolute atomic E-state index is 13.5. The SMILES string of the molecule is CCOC(=O)c1ccc(-n2cncn2)c(C(=O)N2CCC(N(C)CCc3ccccc3)CC2)c1. The minimum Gasteiger partial charge on any atom is -0.462 e. The van der Waals surface area contributed by atoms with Crippen LogP contribution < -0.4 is 0 Å². The number of likely N-dealkylation sites (N-methyl/N-ethyl adjacent to an activating group) is 1. The van der Waals surface area contributed by atoms with Gasteiger partial charge in [0.2, 0.25) is 0 Å². The van der Waals surface area contributed by atoms with Crippen molar-refractivity contribution in [3.63, 3.8) is 0 Å². The summed E-state index contributed by atoms with van der Waals surface area (Å²) in [5, 5.41) is 4.18. The highest BCUT2D eigenvalue weighted by molar-refractivity contribution is 6.01. The number of piperidine rings is 1. The number of likely N-dealkylation sites (tertiary alicyclic amines) is 1. The van der Waals surface area contributed by atoms with Crippen molar-refractivity contribution in [1.82, 2.24) is 24.6 Å². The molecule has 2 aromatic carbocycles. The second-order valence-corrected chi connectivity index (χ2v) is 8.53. The Morgan fingerprint density at radius 3 is 2.56 bits per heavy atom. The van der Waals surface area contributed by atoms with Crippen LogP contribution in [-0.4, -0.2) is 75.8 Å². The molecule has 1 fully saturated rings. The van der Waals surface area contributed by atoms with E-state index >= 15 is 0 Å². The summed E-state index contributed by atoms with van der Waals surface area (Å²) in [5.74, 6) is -0.553. The van der Waals surface area contributed by atoms with Gasteiger partial charge in [-0.15, -0.1) is 0 Å². The minimum atomic E-state index is -0.444. The molecule has 2 heterocycles. The molecule has 0 bridgehead atoms. The van der Waals surface area contributed by atoms with E-state index in [-0.39, 0.29) is 12.5 Å². The van der Waals surface area contributed by atoms with E-state index in [2.05, 4.69) is 46.3 Å². The van der Waals surface area contributed by atoms with E-state index in [4.69, 9.17) is 4.74 Å². The summed E-state index contributed by atoms with van der Waals surface area (Å²) in [6.07, 6.45) is 5.80. The number of ether oxygens (including phenoxy) is 1. The molecular weight excluding hydrogens is 430 g/mol. The molecule has 0 aliphatic carbocycles. The number of esters is 1. The Kier molecular flexibility index (Phi) is 7.69. The lowest BCUT2D eigenvalue weighted by molar-refractivity contribution is 0.0526. The molecular formula is C26H31N5O3. The molecule has 0 radical (unpaired) electrons. The Bertz CT molecular complexity index is 1090. The molecule has 1 aliphatic rings. The average Bonchev–Trinajstić information content (AvgIpc) is 3.42. The number of aromatic nitrogens is 3. The lowest BCUT2D eigenvalue weighted by atomic mass is 10.0. The number of nitrogens with zero attached hydrogens (tertiary/aromatic N) is 5. The molecule has 0 spiro atoms. The summed E-state index contributed by atoms with van der Waals surface area (Å²) in [5.41, 5.74) is 2.71. The van der Waals surface area contributed by atoms with Crippen molar-refractivity contribution in [3.05, 3.63) is 77.9 Å². The van der Waals surface area contributed by atoms with Crippen molar-refractivity contribution in [1.29, 1.82) is 0 Å². The number of hydrogen-bond donors (Lipinski definition) is 0. The van der Waals surface area contributed by atoms with Crippen LogP contribution in [0.3, 0.4) is 0 Å². The Balaban J connectivity index is 1.43. The standard InChI is InChI=1S/C26H31N5O3/c1-3-34-26(33)21-9-10-24(31-19-27-18-28-31)23(17-21)25(32)30-15-12-22(13-16-30)29(2)14-11-20-7-5-4-6-8-20/h4-10,17-19,22H,3,11-16H2,1-2H3. The van der Waals surface area contributed by atoms with Crippen molar-refractivity contribution in [2.45, 2.75) is 32.2 Å². The topological polar surface area (TPSA) is 80.6 Å². The van der Waals surface area contributed by atoms with Gasteiger partial charge in [-0.25, -0.2) is 14.5 Å². The summed E-state index contributed by atoms with van der Waals surface area (Å²) in [6, 6.07) is 15.9. The van der Waals surface area contributed by atoms with Crippen LogP contribution in [0.5, 0.6) is 0 Å². The molecule has 178 valence electrons. The van der Waals surface area contributed by atoms with Crippen molar-refractivity contribution in [2.75, 3.05) is 33.3 Å². The smallest absolute Gasteiger partial charge is 0.338 e. The minimum absolute atomic E-state index is 0.109. The first-order chi connectivity index (χ1) is 16.6. The molecule has 1 saturated heterocycles. The number of carbonyl (C=O) groups excluding carboxylic acids is 2. The Morgan fingerprint density at radius 1 is 1.12 bits per heavy atom. The highest BCUT2D eigenvalue weighted by Crippen LogP contribution is 2.23. The van der Waals surface area contributed by atoms with Gasteiger partial charge in [0.05, 0.1) is 23.4 Å². The lowest BCUT2D eigenvalue weighted by Crippen LogP contribution is -2.46. The van der Waals surface area contributed by atoms with Crippen LogP contribution in [0.4, 0.5) is 0 Å². The molecule has 0 saturated carbocycles. The van der Waals surface area contributed by atoms with Crippen LogP contribution in [-0.2, 0) is 11.2 Å². The molecule has 1 amide bonds. The predicted octanol–water partition coefficient (Wildman–Crippen LogP) is 3.22. The summed E-state index contributed by atoms with van der Waals surface area (Å²) < 4.78 is 6.68. The number of benzene rings is 2. The molecule has 4 rings (SSSR count). The average molecular weight is 462 g/mol. The summed E-state index contributed by atoms with van der Waals surface area (Å²) in [6.45, 7) is 4.35. The number of amides is 1. The van der Waals surface area contributed by atoms with Gasteiger partial charge in [-0.3, -0.25) is 4.79 Å². The fraction of sp³-hybridized carbons (Fsp3) is 0.385. The Labute approximate surface area is 200 Å². The molecule has 8 heteroatoms. The normalized spacial score (nSPS) is 14.4. The van der Waals surface area contributed by atoms with E-state index < -0.39 is 5.97 Å². The van der Waals surface area contributed by atoms with Gasteiger partial charge < -0.3 is 14.5 Å². The first kappa shape index (κ1) is 23.6. The second kappa shape index (κ2) is 11.1. The van der Waals surface area contributed by atoms with E-state index in [1.807, 2.05) is 11.0 Å². The van der Waals surface area contributed by atoms with Crippen molar-refractivity contribution >= 4 is 11.9 Å². The second-order valence-electron chi connectivity index (χ2n) is 8.53. The van der Waals surface area contributed by atoms with E-state index in [0.29, 0.717) is 35.9 Å². The first-order valence-corrected chi connectivity index (χ1v) is 11.8. The number of hydrogen-bond acceptors (Lipinski definition) is 6. The zero-order chi connectivity index (χ0) is 23.9. The molecule has 8 nitrogen and oxygen atoms in total. The van der Waals surface area contributed by atoms with Crippen molar-refractivity contribution in [3.8, 4) is 5.69 Å². The van der Waals surface area contributed by atoms with Crippen LogP contribution in [0, 0.1) is 0 Å².